The number of unbranched alkanes of at least 4 members (excludes halogenated alkanes) is 1. The Morgan fingerprint density at radius 2 is 1.65 bits per heavy atom. The Morgan fingerprint density at radius 1 is 1.05 bits per heavy atom. The van der Waals surface area contributed by atoms with Crippen LogP contribution in [0, 0.1) is 0 Å². The molecule has 0 aromatic carbocycles. The van der Waals surface area contributed by atoms with Crippen LogP contribution in [0.3, 0.4) is 0 Å². The normalized spacial score (nSPS) is 20.2. The fourth-order valence-corrected chi connectivity index (χ4v) is 2.66. The van der Waals surface area contributed by atoms with Gasteiger partial charge in [-0.2, -0.15) is 13.2 Å². The first-order valence-electron chi connectivity index (χ1n) is 7.65. The van der Waals surface area contributed by atoms with E-state index < -0.39 is 12.7 Å². The first-order chi connectivity index (χ1) is 9.40. The van der Waals surface area contributed by atoms with Crippen LogP contribution in [0.2, 0.25) is 0 Å². The van der Waals surface area contributed by atoms with Gasteiger partial charge in [-0.25, -0.2) is 0 Å². The van der Waals surface area contributed by atoms with Gasteiger partial charge in [0.15, 0.2) is 0 Å². The summed E-state index contributed by atoms with van der Waals surface area (Å²) in [5.74, 6) is 0. The van der Waals surface area contributed by atoms with Crippen LogP contribution in [-0.2, 0) is 0 Å². The van der Waals surface area contributed by atoms with Crippen LogP contribution in [0.5, 0.6) is 0 Å². The Labute approximate surface area is 120 Å². The molecule has 0 aromatic heterocycles. The molecule has 3 nitrogen and oxygen atoms in total. The van der Waals surface area contributed by atoms with Crippen molar-refractivity contribution in [1.29, 1.82) is 0 Å². The summed E-state index contributed by atoms with van der Waals surface area (Å²) in [6.45, 7) is 8.15. The summed E-state index contributed by atoms with van der Waals surface area (Å²) >= 11 is 0. The first-order valence-corrected chi connectivity index (χ1v) is 7.65. The van der Waals surface area contributed by atoms with Crippen molar-refractivity contribution < 1.29 is 13.2 Å². The van der Waals surface area contributed by atoms with E-state index in [4.69, 9.17) is 0 Å². The second-order valence-corrected chi connectivity index (χ2v) is 5.69. The number of nitrogens with zero attached hydrogens (tertiary/aromatic N) is 2. The zero-order valence-corrected chi connectivity index (χ0v) is 12.7. The fourth-order valence-electron chi connectivity index (χ4n) is 2.66. The highest BCUT2D eigenvalue weighted by Gasteiger charge is 2.31. The standard InChI is InChI=1S/C14H28F3N3/c1-3-18-13(2)6-4-5-7-19-8-10-20(11-9-19)12-14(15,16)17/h13,18H,3-12H2,1-2H3. The van der Waals surface area contributed by atoms with Crippen molar-refractivity contribution in [2.24, 2.45) is 0 Å². The van der Waals surface area contributed by atoms with E-state index in [1.54, 1.807) is 0 Å². The van der Waals surface area contributed by atoms with Gasteiger partial charge in [0.2, 0.25) is 0 Å². The quantitative estimate of drug-likeness (QED) is 0.693. The van der Waals surface area contributed by atoms with Crippen molar-refractivity contribution in [1.82, 2.24) is 15.1 Å². The fraction of sp³-hybridized carbons (Fsp3) is 1.00. The molecule has 1 N–H and O–H groups in total. The van der Waals surface area contributed by atoms with Crippen molar-refractivity contribution in [2.75, 3.05) is 45.8 Å². The molecule has 1 aliphatic heterocycles. The molecule has 0 bridgehead atoms. The van der Waals surface area contributed by atoms with Crippen molar-refractivity contribution >= 4 is 0 Å². The van der Waals surface area contributed by atoms with E-state index in [2.05, 4.69) is 24.1 Å². The number of alkyl halides is 3. The molecule has 0 aromatic rings. The van der Waals surface area contributed by atoms with Crippen LogP contribution in [0.25, 0.3) is 0 Å². The third kappa shape index (κ3) is 8.07. The van der Waals surface area contributed by atoms with Gasteiger partial charge in [0, 0.05) is 32.2 Å². The van der Waals surface area contributed by atoms with Crippen LogP contribution >= 0.6 is 0 Å². The number of halogens is 3. The highest BCUT2D eigenvalue weighted by Crippen LogP contribution is 2.17. The Balaban J connectivity index is 2.05. The predicted octanol–water partition coefficient (Wildman–Crippen LogP) is 2.33. The van der Waals surface area contributed by atoms with Crippen LogP contribution in [0.1, 0.15) is 33.1 Å². The van der Waals surface area contributed by atoms with Crippen LogP contribution < -0.4 is 5.32 Å². The molecule has 0 amide bonds. The smallest absolute Gasteiger partial charge is 0.315 e. The van der Waals surface area contributed by atoms with Crippen LogP contribution in [0.15, 0.2) is 0 Å². The monoisotopic (exact) mass is 295 g/mol. The van der Waals surface area contributed by atoms with Gasteiger partial charge in [-0.1, -0.05) is 13.3 Å². The molecule has 1 heterocycles. The molecular formula is C14H28F3N3. The number of hydrogen-bond donors (Lipinski definition) is 1. The molecule has 6 heteroatoms. The molecule has 120 valence electrons. The molecule has 1 rings (SSSR count). The summed E-state index contributed by atoms with van der Waals surface area (Å²) in [6.07, 6.45) is -0.585. The van der Waals surface area contributed by atoms with Crippen molar-refractivity contribution in [3.05, 3.63) is 0 Å². The maximum Gasteiger partial charge on any atom is 0.401 e. The van der Waals surface area contributed by atoms with E-state index >= 15 is 0 Å². The number of hydrogen-bond acceptors (Lipinski definition) is 3. The lowest BCUT2D eigenvalue weighted by atomic mass is 10.1. The molecule has 0 saturated carbocycles. The first kappa shape index (κ1) is 17.7. The number of nitrogens with one attached hydrogen (secondary N) is 1. The van der Waals surface area contributed by atoms with Gasteiger partial charge in [-0.15, -0.1) is 0 Å². The Hall–Kier alpha value is -0.330. The van der Waals surface area contributed by atoms with Crippen LogP contribution in [0.4, 0.5) is 13.2 Å². The molecule has 0 aliphatic carbocycles. The minimum Gasteiger partial charge on any atom is -0.315 e. The summed E-state index contributed by atoms with van der Waals surface area (Å²) in [5, 5.41) is 3.38. The zero-order valence-electron chi connectivity index (χ0n) is 12.7. The Morgan fingerprint density at radius 3 is 2.20 bits per heavy atom. The lowest BCUT2D eigenvalue weighted by molar-refractivity contribution is -0.149. The summed E-state index contributed by atoms with van der Waals surface area (Å²) < 4.78 is 36.8. The minimum atomic E-state index is -4.06. The van der Waals surface area contributed by atoms with Gasteiger partial charge in [-0.05, 0) is 32.9 Å². The van der Waals surface area contributed by atoms with Gasteiger partial charge < -0.3 is 10.2 Å². The highest BCUT2D eigenvalue weighted by atomic mass is 19.4. The molecular weight excluding hydrogens is 267 g/mol. The molecule has 20 heavy (non-hydrogen) atoms. The molecule has 1 unspecified atom stereocenters. The summed E-state index contributed by atoms with van der Waals surface area (Å²) in [5.41, 5.74) is 0. The molecule has 1 saturated heterocycles. The molecule has 1 atom stereocenters. The molecule has 1 aliphatic rings. The van der Waals surface area contributed by atoms with Gasteiger partial charge >= 0.3 is 6.18 Å². The van der Waals surface area contributed by atoms with Gasteiger partial charge in [0.05, 0.1) is 6.54 Å². The number of piperazine rings is 1. The lowest BCUT2D eigenvalue weighted by Crippen LogP contribution is -2.49. The summed E-state index contributed by atoms with van der Waals surface area (Å²) in [7, 11) is 0. The van der Waals surface area contributed by atoms with E-state index in [0.29, 0.717) is 19.1 Å². The second-order valence-electron chi connectivity index (χ2n) is 5.69. The maximum atomic E-state index is 12.3. The van der Waals surface area contributed by atoms with Crippen molar-refractivity contribution in [3.8, 4) is 0 Å². The maximum absolute atomic E-state index is 12.3. The van der Waals surface area contributed by atoms with E-state index in [0.717, 1.165) is 32.6 Å². The topological polar surface area (TPSA) is 18.5 Å². The lowest BCUT2D eigenvalue weighted by Gasteiger charge is -2.35. The van der Waals surface area contributed by atoms with Gasteiger partial charge in [0.25, 0.3) is 0 Å². The number of rotatable bonds is 8. The average molecular weight is 295 g/mol. The molecule has 0 radical (unpaired) electrons. The second kappa shape index (κ2) is 8.85. The Kier molecular flexibility index (Phi) is 7.84. The SMILES string of the molecule is CCNC(C)CCCCN1CCN(CC(F)(F)F)CC1. The largest absolute Gasteiger partial charge is 0.401 e. The van der Waals surface area contributed by atoms with Crippen molar-refractivity contribution in [3.63, 3.8) is 0 Å². The zero-order chi connectivity index (χ0) is 15.0. The third-order valence-electron chi connectivity index (χ3n) is 3.78. The summed E-state index contributed by atoms with van der Waals surface area (Å²) in [4.78, 5) is 3.79. The average Bonchev–Trinajstić information content (AvgIpc) is 2.35. The Bertz CT molecular complexity index is 251. The predicted molar refractivity (Wildman–Crippen MR) is 75.9 cm³/mol. The van der Waals surface area contributed by atoms with Gasteiger partial charge in [0.1, 0.15) is 0 Å². The third-order valence-corrected chi connectivity index (χ3v) is 3.78. The molecule has 1 fully saturated rings. The minimum absolute atomic E-state index is 0.535. The van der Waals surface area contributed by atoms with E-state index in [1.807, 2.05) is 0 Å². The van der Waals surface area contributed by atoms with Crippen LogP contribution in [-0.4, -0.2) is 67.8 Å². The summed E-state index contributed by atoms with van der Waals surface area (Å²) in [6, 6.07) is 0.559. The highest BCUT2D eigenvalue weighted by molar-refractivity contribution is 4.74. The van der Waals surface area contributed by atoms with E-state index in [1.165, 1.54) is 17.7 Å². The van der Waals surface area contributed by atoms with Gasteiger partial charge in [-0.3, -0.25) is 4.90 Å². The molecule has 0 spiro atoms. The van der Waals surface area contributed by atoms with E-state index in [9.17, 15) is 13.2 Å². The van der Waals surface area contributed by atoms with E-state index in [-0.39, 0.29) is 0 Å². The van der Waals surface area contributed by atoms with Crippen molar-refractivity contribution in [2.45, 2.75) is 45.3 Å².